The lowest BCUT2D eigenvalue weighted by molar-refractivity contribution is 0.316. The number of benzene rings is 2. The largest absolute Gasteiger partial charge is 0.494 e. The minimum atomic E-state index is 0.709. The molecule has 0 saturated heterocycles. The van der Waals surface area contributed by atoms with Gasteiger partial charge in [-0.2, -0.15) is 0 Å². The maximum absolute atomic E-state index is 5.43. The van der Waals surface area contributed by atoms with Crippen molar-refractivity contribution in [2.45, 2.75) is 13.1 Å². The van der Waals surface area contributed by atoms with Crippen LogP contribution in [0.25, 0.3) is 16.6 Å². The van der Waals surface area contributed by atoms with Gasteiger partial charge in [0.15, 0.2) is 0 Å². The molecule has 0 atom stereocenters. The standard InChI is InChI=1S/C21H21N5O/c1-25(14-17-15-26(24-23-17)18-7-4-3-5-8-18)13-16-10-11-20(27-2)21-19(16)9-6-12-22-21/h3-12,15H,13-14H2,1-2H3. The summed E-state index contributed by atoms with van der Waals surface area (Å²) < 4.78 is 7.23. The molecule has 0 aliphatic heterocycles. The van der Waals surface area contributed by atoms with Crippen LogP contribution in [0, 0.1) is 0 Å². The summed E-state index contributed by atoms with van der Waals surface area (Å²) in [6, 6.07) is 18.1. The Morgan fingerprint density at radius 1 is 1.00 bits per heavy atom. The fraction of sp³-hybridized carbons (Fsp3) is 0.190. The molecule has 0 aliphatic rings. The second kappa shape index (κ2) is 7.55. The summed E-state index contributed by atoms with van der Waals surface area (Å²) in [5.74, 6) is 0.794. The van der Waals surface area contributed by atoms with Gasteiger partial charge in [0, 0.05) is 24.7 Å². The summed E-state index contributed by atoms with van der Waals surface area (Å²) in [5, 5.41) is 9.64. The molecule has 0 saturated carbocycles. The van der Waals surface area contributed by atoms with E-state index in [1.807, 2.05) is 48.7 Å². The predicted molar refractivity (Wildman–Crippen MR) is 105 cm³/mol. The molecule has 0 N–H and O–H groups in total. The highest BCUT2D eigenvalue weighted by Gasteiger charge is 2.11. The predicted octanol–water partition coefficient (Wildman–Crippen LogP) is 3.46. The van der Waals surface area contributed by atoms with E-state index in [0.717, 1.165) is 34.6 Å². The van der Waals surface area contributed by atoms with E-state index < -0.39 is 0 Å². The SMILES string of the molecule is COc1ccc(CN(C)Cc2cn(-c3ccccc3)nn2)c2cccnc12. The first kappa shape index (κ1) is 17.2. The summed E-state index contributed by atoms with van der Waals surface area (Å²) in [6.45, 7) is 1.49. The highest BCUT2D eigenvalue weighted by atomic mass is 16.5. The van der Waals surface area contributed by atoms with Crippen LogP contribution in [-0.4, -0.2) is 39.0 Å². The summed E-state index contributed by atoms with van der Waals surface area (Å²) in [6.07, 6.45) is 3.76. The van der Waals surface area contributed by atoms with Gasteiger partial charge in [-0.15, -0.1) is 5.10 Å². The quantitative estimate of drug-likeness (QED) is 0.528. The van der Waals surface area contributed by atoms with Crippen LogP contribution in [0.3, 0.4) is 0 Å². The number of pyridine rings is 1. The Morgan fingerprint density at radius 2 is 1.85 bits per heavy atom. The molecular formula is C21H21N5O. The number of ether oxygens (including phenoxy) is 1. The van der Waals surface area contributed by atoms with E-state index in [4.69, 9.17) is 4.74 Å². The lowest BCUT2D eigenvalue weighted by Gasteiger charge is -2.17. The van der Waals surface area contributed by atoms with Gasteiger partial charge in [-0.05, 0) is 36.9 Å². The van der Waals surface area contributed by atoms with Crippen molar-refractivity contribution < 1.29 is 4.74 Å². The zero-order chi connectivity index (χ0) is 18.6. The minimum absolute atomic E-state index is 0.709. The van der Waals surface area contributed by atoms with Gasteiger partial charge < -0.3 is 4.74 Å². The highest BCUT2D eigenvalue weighted by Crippen LogP contribution is 2.27. The van der Waals surface area contributed by atoms with Crippen molar-refractivity contribution in [3.63, 3.8) is 0 Å². The van der Waals surface area contributed by atoms with Crippen molar-refractivity contribution >= 4 is 10.9 Å². The van der Waals surface area contributed by atoms with E-state index in [1.165, 1.54) is 5.56 Å². The number of fused-ring (bicyclic) bond motifs is 1. The minimum Gasteiger partial charge on any atom is -0.494 e. The Kier molecular flexibility index (Phi) is 4.80. The van der Waals surface area contributed by atoms with Crippen molar-refractivity contribution in [2.24, 2.45) is 0 Å². The zero-order valence-corrected chi connectivity index (χ0v) is 15.4. The molecule has 2 aromatic carbocycles. The van der Waals surface area contributed by atoms with Gasteiger partial charge in [0.25, 0.3) is 0 Å². The number of hydrogen-bond donors (Lipinski definition) is 0. The molecule has 0 bridgehead atoms. The monoisotopic (exact) mass is 359 g/mol. The molecular weight excluding hydrogens is 338 g/mol. The Hall–Kier alpha value is -3.25. The van der Waals surface area contributed by atoms with Crippen molar-refractivity contribution in [3.8, 4) is 11.4 Å². The summed E-state index contributed by atoms with van der Waals surface area (Å²) in [5.41, 5.74) is 4.03. The van der Waals surface area contributed by atoms with Crippen LogP contribution in [-0.2, 0) is 13.1 Å². The molecule has 136 valence electrons. The first-order valence-electron chi connectivity index (χ1n) is 8.80. The number of methoxy groups -OCH3 is 1. The molecule has 2 aromatic heterocycles. The van der Waals surface area contributed by atoms with Crippen LogP contribution >= 0.6 is 0 Å². The third-order valence-corrected chi connectivity index (χ3v) is 4.48. The van der Waals surface area contributed by atoms with Crippen molar-refractivity contribution in [3.05, 3.63) is 78.2 Å². The van der Waals surface area contributed by atoms with E-state index in [2.05, 4.69) is 39.4 Å². The van der Waals surface area contributed by atoms with Crippen LogP contribution in [0.5, 0.6) is 5.75 Å². The van der Waals surface area contributed by atoms with Crippen molar-refractivity contribution in [1.82, 2.24) is 24.9 Å². The van der Waals surface area contributed by atoms with Crippen LogP contribution in [0.2, 0.25) is 0 Å². The van der Waals surface area contributed by atoms with Gasteiger partial charge >= 0.3 is 0 Å². The fourth-order valence-corrected chi connectivity index (χ4v) is 3.21. The average Bonchev–Trinajstić information content (AvgIpc) is 3.17. The van der Waals surface area contributed by atoms with E-state index in [1.54, 1.807) is 18.0 Å². The molecule has 0 radical (unpaired) electrons. The Labute approximate surface area is 158 Å². The molecule has 0 aliphatic carbocycles. The molecule has 2 heterocycles. The van der Waals surface area contributed by atoms with Gasteiger partial charge in [0.1, 0.15) is 11.3 Å². The first-order chi connectivity index (χ1) is 13.2. The van der Waals surface area contributed by atoms with Gasteiger partial charge in [-0.3, -0.25) is 9.88 Å². The van der Waals surface area contributed by atoms with Gasteiger partial charge in [0.05, 0.1) is 24.7 Å². The molecule has 0 amide bonds. The number of para-hydroxylation sites is 1. The summed E-state index contributed by atoms with van der Waals surface area (Å²) >= 11 is 0. The van der Waals surface area contributed by atoms with E-state index >= 15 is 0 Å². The summed E-state index contributed by atoms with van der Waals surface area (Å²) in [4.78, 5) is 6.69. The average molecular weight is 359 g/mol. The third kappa shape index (κ3) is 3.66. The van der Waals surface area contributed by atoms with E-state index in [9.17, 15) is 0 Å². The molecule has 4 rings (SSSR count). The van der Waals surface area contributed by atoms with Gasteiger partial charge in [-0.1, -0.05) is 35.5 Å². The second-order valence-electron chi connectivity index (χ2n) is 6.49. The molecule has 4 aromatic rings. The van der Waals surface area contributed by atoms with Crippen LogP contribution in [0.1, 0.15) is 11.3 Å². The molecule has 27 heavy (non-hydrogen) atoms. The number of rotatable bonds is 6. The number of hydrogen-bond acceptors (Lipinski definition) is 5. The number of aromatic nitrogens is 4. The molecule has 6 nitrogen and oxygen atoms in total. The molecule has 0 fully saturated rings. The molecule has 6 heteroatoms. The maximum atomic E-state index is 5.43. The van der Waals surface area contributed by atoms with Gasteiger partial charge in [-0.25, -0.2) is 4.68 Å². The van der Waals surface area contributed by atoms with Crippen molar-refractivity contribution in [2.75, 3.05) is 14.2 Å². The van der Waals surface area contributed by atoms with Crippen LogP contribution < -0.4 is 4.74 Å². The lowest BCUT2D eigenvalue weighted by Crippen LogP contribution is -2.17. The van der Waals surface area contributed by atoms with Crippen molar-refractivity contribution in [1.29, 1.82) is 0 Å². The lowest BCUT2D eigenvalue weighted by atomic mass is 10.1. The zero-order valence-electron chi connectivity index (χ0n) is 15.4. The van der Waals surface area contributed by atoms with E-state index in [-0.39, 0.29) is 0 Å². The Bertz CT molecular complexity index is 1040. The fourth-order valence-electron chi connectivity index (χ4n) is 3.21. The van der Waals surface area contributed by atoms with Crippen LogP contribution in [0.4, 0.5) is 0 Å². The summed E-state index contributed by atoms with van der Waals surface area (Å²) in [7, 11) is 3.75. The normalized spacial score (nSPS) is 11.2. The Balaban J connectivity index is 1.51. The first-order valence-corrected chi connectivity index (χ1v) is 8.80. The third-order valence-electron chi connectivity index (χ3n) is 4.48. The topological polar surface area (TPSA) is 56.1 Å². The smallest absolute Gasteiger partial charge is 0.145 e. The number of nitrogens with zero attached hydrogens (tertiary/aromatic N) is 5. The maximum Gasteiger partial charge on any atom is 0.145 e. The molecule has 0 unspecified atom stereocenters. The van der Waals surface area contributed by atoms with E-state index in [0.29, 0.717) is 6.54 Å². The van der Waals surface area contributed by atoms with Gasteiger partial charge in [0.2, 0.25) is 0 Å². The highest BCUT2D eigenvalue weighted by molar-refractivity contribution is 5.87. The second-order valence-corrected chi connectivity index (χ2v) is 6.49. The Morgan fingerprint density at radius 3 is 2.67 bits per heavy atom. The molecule has 0 spiro atoms. The van der Waals surface area contributed by atoms with Crippen LogP contribution in [0.15, 0.2) is 67.0 Å².